The van der Waals surface area contributed by atoms with Gasteiger partial charge in [0.2, 0.25) is 0 Å². The molecule has 0 atom stereocenters. The van der Waals surface area contributed by atoms with Crippen LogP contribution in [0.25, 0.3) is 0 Å². The monoisotopic (exact) mass is 281 g/mol. The summed E-state index contributed by atoms with van der Waals surface area (Å²) in [6.07, 6.45) is 6.81. The Hall–Kier alpha value is -1.90. The molecule has 1 aliphatic carbocycles. The highest BCUT2D eigenvalue weighted by Gasteiger charge is 2.16. The van der Waals surface area contributed by atoms with Gasteiger partial charge in [-0.25, -0.2) is 9.97 Å². The van der Waals surface area contributed by atoms with Gasteiger partial charge in [0.25, 0.3) is 0 Å². The minimum absolute atomic E-state index is 0.814. The second kappa shape index (κ2) is 6.25. The number of anilines is 1. The van der Waals surface area contributed by atoms with E-state index in [9.17, 15) is 0 Å². The molecule has 0 saturated carbocycles. The summed E-state index contributed by atoms with van der Waals surface area (Å²) >= 11 is 0. The van der Waals surface area contributed by atoms with E-state index in [0.29, 0.717) is 0 Å². The Bertz CT molecular complexity index is 634. The molecule has 0 aliphatic heterocycles. The molecule has 0 fully saturated rings. The molecule has 21 heavy (non-hydrogen) atoms. The average Bonchev–Trinajstić information content (AvgIpc) is 2.74. The Labute approximate surface area is 126 Å². The summed E-state index contributed by atoms with van der Waals surface area (Å²) < 4.78 is 0. The summed E-state index contributed by atoms with van der Waals surface area (Å²) in [6, 6.07) is 8.49. The Morgan fingerprint density at radius 3 is 2.67 bits per heavy atom. The van der Waals surface area contributed by atoms with Gasteiger partial charge in [-0.1, -0.05) is 30.7 Å². The maximum Gasteiger partial charge on any atom is 0.135 e. The molecule has 1 aromatic carbocycles. The van der Waals surface area contributed by atoms with Gasteiger partial charge in [0.1, 0.15) is 11.6 Å². The normalized spacial score (nSPS) is 14.4. The highest BCUT2D eigenvalue weighted by molar-refractivity contribution is 5.47. The number of aryl methyl sites for hydroxylation is 2. The zero-order valence-corrected chi connectivity index (χ0v) is 12.9. The lowest BCUT2D eigenvalue weighted by molar-refractivity contribution is 0.708. The van der Waals surface area contributed by atoms with Crippen molar-refractivity contribution in [3.63, 3.8) is 0 Å². The van der Waals surface area contributed by atoms with Crippen LogP contribution in [0.1, 0.15) is 47.5 Å². The van der Waals surface area contributed by atoms with Crippen LogP contribution in [0.3, 0.4) is 0 Å². The van der Waals surface area contributed by atoms with Gasteiger partial charge in [0, 0.05) is 24.7 Å². The number of benzene rings is 1. The van der Waals surface area contributed by atoms with Gasteiger partial charge in [-0.3, -0.25) is 0 Å². The summed E-state index contributed by atoms with van der Waals surface area (Å²) in [5.74, 6) is 1.97. The molecule has 0 unspecified atom stereocenters. The summed E-state index contributed by atoms with van der Waals surface area (Å²) in [6.45, 7) is 2.15. The van der Waals surface area contributed by atoms with Gasteiger partial charge < -0.3 is 5.32 Å². The number of rotatable bonds is 3. The molecule has 3 nitrogen and oxygen atoms in total. The number of nitrogens with zero attached hydrogens (tertiary/aromatic N) is 2. The number of hydrogen-bond donors (Lipinski definition) is 1. The van der Waals surface area contributed by atoms with Gasteiger partial charge in [0.05, 0.1) is 0 Å². The lowest BCUT2D eigenvalue weighted by Gasteiger charge is -2.13. The van der Waals surface area contributed by atoms with Crippen molar-refractivity contribution in [1.29, 1.82) is 0 Å². The Kier molecular flexibility index (Phi) is 4.18. The molecule has 1 heterocycles. The molecule has 0 saturated heterocycles. The number of nitrogens with one attached hydrogen (secondary N) is 1. The van der Waals surface area contributed by atoms with Crippen LogP contribution in [0, 0.1) is 6.92 Å². The van der Waals surface area contributed by atoms with E-state index in [4.69, 9.17) is 9.97 Å². The van der Waals surface area contributed by atoms with Gasteiger partial charge in [-0.05, 0) is 43.7 Å². The van der Waals surface area contributed by atoms with Crippen molar-refractivity contribution < 1.29 is 0 Å². The van der Waals surface area contributed by atoms with Crippen molar-refractivity contribution in [2.24, 2.45) is 0 Å². The van der Waals surface area contributed by atoms with Crippen LogP contribution >= 0.6 is 0 Å². The van der Waals surface area contributed by atoms with Gasteiger partial charge >= 0.3 is 0 Å². The third-order valence-electron chi connectivity index (χ3n) is 4.33. The van der Waals surface area contributed by atoms with Gasteiger partial charge in [-0.2, -0.15) is 0 Å². The molecule has 110 valence electrons. The van der Waals surface area contributed by atoms with Gasteiger partial charge in [-0.15, -0.1) is 0 Å². The molecular weight excluding hydrogens is 258 g/mol. The topological polar surface area (TPSA) is 37.8 Å². The van der Waals surface area contributed by atoms with Crippen LogP contribution < -0.4 is 5.32 Å². The molecule has 2 aromatic rings. The number of hydrogen-bond acceptors (Lipinski definition) is 3. The molecule has 0 bridgehead atoms. The van der Waals surface area contributed by atoms with Crippen LogP contribution in [-0.2, 0) is 19.3 Å². The van der Waals surface area contributed by atoms with Crippen molar-refractivity contribution in [1.82, 2.24) is 9.97 Å². The molecule has 3 rings (SSSR count). The predicted molar refractivity (Wildman–Crippen MR) is 86.8 cm³/mol. The fraction of sp³-hybridized carbons (Fsp3) is 0.444. The lowest BCUT2D eigenvalue weighted by Crippen LogP contribution is -2.09. The van der Waals surface area contributed by atoms with E-state index in [2.05, 4.69) is 36.5 Å². The Morgan fingerprint density at radius 1 is 1.05 bits per heavy atom. The van der Waals surface area contributed by atoms with Crippen LogP contribution in [-0.4, -0.2) is 17.0 Å². The molecule has 0 radical (unpaired) electrons. The zero-order chi connectivity index (χ0) is 14.7. The summed E-state index contributed by atoms with van der Waals surface area (Å²) in [4.78, 5) is 9.63. The molecular formula is C18H23N3. The fourth-order valence-corrected chi connectivity index (χ4v) is 3.09. The molecule has 1 aromatic heterocycles. The zero-order valence-electron chi connectivity index (χ0n) is 12.9. The second-order valence-corrected chi connectivity index (χ2v) is 5.83. The largest absolute Gasteiger partial charge is 0.373 e. The first-order valence-electron chi connectivity index (χ1n) is 7.89. The Balaban J connectivity index is 1.96. The van der Waals surface area contributed by atoms with Crippen molar-refractivity contribution in [3.05, 3.63) is 52.5 Å². The SMILES string of the molecule is CNc1nc(Cc2ccccc2C)nc2c1CCCCC2. The van der Waals surface area contributed by atoms with Crippen molar-refractivity contribution in [2.75, 3.05) is 12.4 Å². The first-order chi connectivity index (χ1) is 10.3. The fourth-order valence-electron chi connectivity index (χ4n) is 3.09. The maximum atomic E-state index is 4.87. The lowest BCUT2D eigenvalue weighted by atomic mass is 10.0. The smallest absolute Gasteiger partial charge is 0.135 e. The minimum atomic E-state index is 0.814. The summed E-state index contributed by atoms with van der Waals surface area (Å²) in [5, 5.41) is 3.27. The molecule has 1 aliphatic rings. The van der Waals surface area contributed by atoms with Crippen LogP contribution in [0.15, 0.2) is 24.3 Å². The molecule has 3 heteroatoms. The predicted octanol–water partition coefficient (Wildman–Crippen LogP) is 3.69. The quantitative estimate of drug-likeness (QED) is 0.872. The van der Waals surface area contributed by atoms with E-state index in [1.54, 1.807) is 0 Å². The standard InChI is InChI=1S/C18H23N3/c1-13-8-6-7-9-14(13)12-17-20-16-11-5-3-4-10-15(16)18(19-2)21-17/h6-9H,3-5,10-12H2,1-2H3,(H,19,20,21). The molecule has 0 spiro atoms. The van der Waals surface area contributed by atoms with E-state index in [1.807, 2.05) is 7.05 Å². The van der Waals surface area contributed by atoms with Crippen LogP contribution in [0.4, 0.5) is 5.82 Å². The summed E-state index contributed by atoms with van der Waals surface area (Å²) in [5.41, 5.74) is 5.22. The Morgan fingerprint density at radius 2 is 1.86 bits per heavy atom. The minimum Gasteiger partial charge on any atom is -0.373 e. The van der Waals surface area contributed by atoms with Crippen molar-refractivity contribution >= 4 is 5.82 Å². The summed E-state index contributed by atoms with van der Waals surface area (Å²) in [7, 11) is 1.96. The second-order valence-electron chi connectivity index (χ2n) is 5.83. The van der Waals surface area contributed by atoms with E-state index in [0.717, 1.165) is 30.9 Å². The van der Waals surface area contributed by atoms with E-state index >= 15 is 0 Å². The van der Waals surface area contributed by atoms with Crippen LogP contribution in [0.2, 0.25) is 0 Å². The van der Waals surface area contributed by atoms with Crippen molar-refractivity contribution in [3.8, 4) is 0 Å². The first-order valence-corrected chi connectivity index (χ1v) is 7.89. The first kappa shape index (κ1) is 14.1. The average molecular weight is 281 g/mol. The highest BCUT2D eigenvalue weighted by atomic mass is 15.0. The third-order valence-corrected chi connectivity index (χ3v) is 4.33. The number of fused-ring (bicyclic) bond motifs is 1. The van der Waals surface area contributed by atoms with E-state index in [1.165, 1.54) is 41.6 Å². The number of aromatic nitrogens is 2. The molecule has 1 N–H and O–H groups in total. The highest BCUT2D eigenvalue weighted by Crippen LogP contribution is 2.25. The van der Waals surface area contributed by atoms with E-state index in [-0.39, 0.29) is 0 Å². The molecule has 0 amide bonds. The van der Waals surface area contributed by atoms with E-state index < -0.39 is 0 Å². The maximum absolute atomic E-state index is 4.87. The van der Waals surface area contributed by atoms with Gasteiger partial charge in [0.15, 0.2) is 0 Å². The third kappa shape index (κ3) is 3.07. The van der Waals surface area contributed by atoms with Crippen molar-refractivity contribution in [2.45, 2.75) is 45.4 Å². The van der Waals surface area contributed by atoms with Crippen LogP contribution in [0.5, 0.6) is 0 Å².